The molecule has 0 bridgehead atoms. The number of nitrogens with one attached hydrogen (secondary N) is 1. The number of carboxylic acid groups (broad SMARTS) is 1. The molecule has 3 aromatic rings. The van der Waals surface area contributed by atoms with Gasteiger partial charge in [0.1, 0.15) is 0 Å². The number of nitrogens with zero attached hydrogens (tertiary/aromatic N) is 1. The van der Waals surface area contributed by atoms with Crippen LogP contribution in [0.3, 0.4) is 0 Å². The molecule has 2 aliphatic rings. The van der Waals surface area contributed by atoms with Crippen molar-refractivity contribution in [2.75, 3.05) is 11.9 Å². The van der Waals surface area contributed by atoms with Crippen LogP contribution in [0, 0.1) is 5.92 Å². The summed E-state index contributed by atoms with van der Waals surface area (Å²) >= 11 is 2.39. The maximum atomic E-state index is 12.6. The molecule has 5 rings (SSSR count). The molecule has 1 heterocycles. The normalized spacial score (nSPS) is 16.6. The second-order valence-electron chi connectivity index (χ2n) is 9.04. The zero-order valence-corrected chi connectivity index (χ0v) is 23.3. The number of aliphatic carboxylic acids is 1. The van der Waals surface area contributed by atoms with E-state index < -0.39 is 5.97 Å². The molecule has 1 fully saturated rings. The average molecular weight is 511 g/mol. The van der Waals surface area contributed by atoms with Crippen LogP contribution in [0.25, 0.3) is 16.8 Å². The van der Waals surface area contributed by atoms with Gasteiger partial charge in [-0.1, -0.05) is 37.1 Å². The molecule has 0 saturated heterocycles. The minimum atomic E-state index is -0.833. The number of carbonyl (C=O) groups is 2. The van der Waals surface area contributed by atoms with Crippen molar-refractivity contribution >= 4 is 82.1 Å². The SMILES string of the molecule is CC(=O)O.O=C1N=C(Nc2cc[c]([Na])cc2)SC1=Cc1cc2ccccc2cc1OCC1CCCC1. The topological polar surface area (TPSA) is 88.0 Å². The number of fused-ring (bicyclic) bond motifs is 1. The molecular formula is C28H27N2NaO4S. The Morgan fingerprint density at radius 3 is 2.44 bits per heavy atom. The predicted molar refractivity (Wildman–Crippen MR) is 148 cm³/mol. The first-order valence-electron chi connectivity index (χ1n) is 12.1. The number of aliphatic imine (C=N–C) groups is 1. The van der Waals surface area contributed by atoms with E-state index in [4.69, 9.17) is 14.6 Å². The summed E-state index contributed by atoms with van der Waals surface area (Å²) in [7, 11) is 0. The van der Waals surface area contributed by atoms with Gasteiger partial charge in [-0.2, -0.15) is 0 Å². The molecule has 0 atom stereocenters. The summed E-state index contributed by atoms with van der Waals surface area (Å²) in [5.41, 5.74) is 1.87. The summed E-state index contributed by atoms with van der Waals surface area (Å²) in [5.74, 6) is 0.410. The minimum absolute atomic E-state index is 0.216. The molecule has 36 heavy (non-hydrogen) atoms. The number of benzene rings is 3. The molecule has 1 amide bonds. The monoisotopic (exact) mass is 510 g/mol. The van der Waals surface area contributed by atoms with Gasteiger partial charge in [-0.15, -0.1) is 0 Å². The molecule has 1 aliphatic carbocycles. The van der Waals surface area contributed by atoms with E-state index in [0.29, 0.717) is 16.0 Å². The first-order valence-corrected chi connectivity index (χ1v) is 13.9. The van der Waals surface area contributed by atoms with Crippen LogP contribution in [-0.2, 0) is 9.59 Å². The number of carboxylic acids is 1. The van der Waals surface area contributed by atoms with Gasteiger partial charge in [0.15, 0.2) is 0 Å². The molecule has 0 aromatic heterocycles. The van der Waals surface area contributed by atoms with E-state index >= 15 is 0 Å². The van der Waals surface area contributed by atoms with Gasteiger partial charge in [-0.25, -0.2) is 0 Å². The molecule has 180 valence electrons. The van der Waals surface area contributed by atoms with Crippen LogP contribution in [0.5, 0.6) is 5.75 Å². The number of ether oxygens (including phenoxy) is 1. The minimum Gasteiger partial charge on any atom is -0.0529 e. The van der Waals surface area contributed by atoms with Crippen molar-refractivity contribution < 1.29 is 19.4 Å². The van der Waals surface area contributed by atoms with E-state index in [0.717, 1.165) is 69.2 Å². The van der Waals surface area contributed by atoms with Crippen molar-refractivity contribution in [3.05, 3.63) is 71.1 Å². The van der Waals surface area contributed by atoms with Crippen LogP contribution < -0.4 is 12.9 Å². The van der Waals surface area contributed by atoms with Crippen molar-refractivity contribution in [3.8, 4) is 5.75 Å². The quantitative estimate of drug-likeness (QED) is 0.354. The zero-order chi connectivity index (χ0) is 25.5. The van der Waals surface area contributed by atoms with Crippen LogP contribution in [0.1, 0.15) is 38.2 Å². The molecule has 0 spiro atoms. The summed E-state index contributed by atoms with van der Waals surface area (Å²) in [6.07, 6.45) is 6.99. The van der Waals surface area contributed by atoms with Crippen LogP contribution in [0.2, 0.25) is 0 Å². The van der Waals surface area contributed by atoms with Crippen LogP contribution in [-0.4, -0.2) is 56.7 Å². The summed E-state index contributed by atoms with van der Waals surface area (Å²) < 4.78 is 7.62. The Hall–Kier alpha value is -2.58. The van der Waals surface area contributed by atoms with E-state index in [1.807, 2.05) is 30.3 Å². The van der Waals surface area contributed by atoms with Crippen molar-refractivity contribution in [3.63, 3.8) is 0 Å². The Labute approximate surface area is 232 Å². The molecule has 1 saturated carbocycles. The standard InChI is InChI=1S/C26H23N2O2S.C2H4O2.Na/c29-25-24(31-26(28-25)27-22-12-2-1-3-13-22)16-21-14-19-10-6-7-11-20(19)15-23(21)30-17-18-8-4-5-9-18;1-2(3)4;/h2-3,6-7,10-16,18H,4-5,8-9,17H2,(H,27,28,29);1H3,(H,3,4);. The molecular weight excluding hydrogens is 483 g/mol. The van der Waals surface area contributed by atoms with Gasteiger partial charge in [0, 0.05) is 6.92 Å². The van der Waals surface area contributed by atoms with Crippen molar-refractivity contribution in [1.29, 1.82) is 0 Å². The summed E-state index contributed by atoms with van der Waals surface area (Å²) in [6, 6.07) is 20.7. The van der Waals surface area contributed by atoms with Gasteiger partial charge in [-0.05, 0) is 24.1 Å². The maximum absolute atomic E-state index is 12.6. The third-order valence-corrected chi connectivity index (χ3v) is 7.60. The Morgan fingerprint density at radius 1 is 1.14 bits per heavy atom. The van der Waals surface area contributed by atoms with Gasteiger partial charge in [0.2, 0.25) is 0 Å². The number of hydrogen-bond donors (Lipinski definition) is 2. The first kappa shape index (κ1) is 26.5. The number of anilines is 1. The Morgan fingerprint density at radius 2 is 1.78 bits per heavy atom. The first-order chi connectivity index (χ1) is 17.4. The Bertz CT molecular complexity index is 1310. The number of hydrogen-bond acceptors (Lipinski definition) is 5. The molecule has 3 aromatic carbocycles. The predicted octanol–water partition coefficient (Wildman–Crippen LogP) is 5.38. The summed E-state index contributed by atoms with van der Waals surface area (Å²) in [6.45, 7) is 1.81. The summed E-state index contributed by atoms with van der Waals surface area (Å²) in [5, 5.41) is 13.6. The third-order valence-electron chi connectivity index (χ3n) is 6.04. The van der Waals surface area contributed by atoms with Gasteiger partial charge >= 0.3 is 143 Å². The van der Waals surface area contributed by atoms with Gasteiger partial charge in [0.05, 0.1) is 6.61 Å². The van der Waals surface area contributed by atoms with Crippen molar-refractivity contribution in [2.45, 2.75) is 32.6 Å². The number of amidine groups is 1. The molecule has 6 nitrogen and oxygen atoms in total. The number of rotatable bonds is 5. The van der Waals surface area contributed by atoms with Crippen molar-refractivity contribution in [2.24, 2.45) is 10.9 Å². The Kier molecular flexibility index (Phi) is 9.26. The van der Waals surface area contributed by atoms with E-state index in [9.17, 15) is 4.79 Å². The number of carbonyl (C=O) groups excluding carboxylic acids is 1. The Balaban J connectivity index is 0.000000709. The summed E-state index contributed by atoms with van der Waals surface area (Å²) in [4.78, 5) is 26.4. The number of amides is 1. The van der Waals surface area contributed by atoms with Crippen LogP contribution in [0.4, 0.5) is 5.69 Å². The second kappa shape index (κ2) is 12.6. The fraction of sp³-hybridized carbons (Fsp3) is 0.250. The smallest absolute Gasteiger partial charge is 0.0529 e. The fourth-order valence-corrected chi connectivity index (χ4v) is 5.38. The zero-order valence-electron chi connectivity index (χ0n) is 20.5. The molecule has 0 radical (unpaired) electrons. The fourth-order valence-electron chi connectivity index (χ4n) is 4.22. The molecule has 1 aliphatic heterocycles. The van der Waals surface area contributed by atoms with Crippen LogP contribution in [0.15, 0.2) is 70.6 Å². The number of thioether (sulfide) groups is 1. The van der Waals surface area contributed by atoms with E-state index in [-0.39, 0.29) is 5.91 Å². The molecule has 0 unspecified atom stereocenters. The third kappa shape index (κ3) is 7.46. The second-order valence-corrected chi connectivity index (χ2v) is 11.2. The van der Waals surface area contributed by atoms with Gasteiger partial charge in [-0.3, -0.25) is 4.79 Å². The van der Waals surface area contributed by atoms with Gasteiger partial charge in [0.25, 0.3) is 5.97 Å². The van der Waals surface area contributed by atoms with Crippen molar-refractivity contribution in [1.82, 2.24) is 0 Å². The van der Waals surface area contributed by atoms with E-state index in [1.165, 1.54) is 40.3 Å². The average Bonchev–Trinajstić information content (AvgIpc) is 3.48. The van der Waals surface area contributed by atoms with Gasteiger partial charge < -0.3 is 5.11 Å². The molecule has 2 N–H and O–H groups in total. The molecule has 8 heteroatoms. The van der Waals surface area contributed by atoms with E-state index in [2.05, 4.69) is 46.7 Å². The van der Waals surface area contributed by atoms with E-state index in [1.54, 1.807) is 0 Å². The van der Waals surface area contributed by atoms with Crippen LogP contribution >= 0.6 is 11.8 Å².